The average molecular weight is 265 g/mol. The second-order valence-corrected chi connectivity index (χ2v) is 4.45. The van der Waals surface area contributed by atoms with Crippen molar-refractivity contribution in [3.8, 4) is 0 Å². The maximum atomic E-state index is 12.3. The normalized spacial score (nSPS) is 11.4. The number of aryl methyl sites for hydroxylation is 2. The van der Waals surface area contributed by atoms with E-state index in [1.807, 2.05) is 6.92 Å². The molecule has 0 saturated carbocycles. The van der Waals surface area contributed by atoms with Gasteiger partial charge in [0, 0.05) is 20.1 Å². The number of fused-ring (bicyclic) bond motifs is 1. The van der Waals surface area contributed by atoms with Gasteiger partial charge in [0.2, 0.25) is 0 Å². The lowest BCUT2D eigenvalue weighted by Crippen LogP contribution is -2.40. The summed E-state index contributed by atoms with van der Waals surface area (Å²) in [5, 5.41) is 0. The first-order chi connectivity index (χ1) is 9.06. The summed E-state index contributed by atoms with van der Waals surface area (Å²) in [5.41, 5.74) is 5.89. The van der Waals surface area contributed by atoms with Gasteiger partial charge < -0.3 is 10.3 Å². The van der Waals surface area contributed by atoms with Crippen LogP contribution >= 0.6 is 0 Å². The van der Waals surface area contributed by atoms with Crippen LogP contribution in [-0.2, 0) is 26.7 Å². The highest BCUT2D eigenvalue weighted by Gasteiger charge is 2.18. The molecule has 0 amide bonds. The molecule has 2 aromatic rings. The minimum Gasteiger partial charge on any atom is -0.324 e. The van der Waals surface area contributed by atoms with Gasteiger partial charge in [0.15, 0.2) is 11.2 Å². The predicted molar refractivity (Wildman–Crippen MR) is 73.1 cm³/mol. The first kappa shape index (κ1) is 13.5. The van der Waals surface area contributed by atoms with Crippen LogP contribution in [0.3, 0.4) is 0 Å². The largest absolute Gasteiger partial charge is 0.332 e. The Hall–Kier alpha value is -1.89. The van der Waals surface area contributed by atoms with Gasteiger partial charge in [-0.25, -0.2) is 9.78 Å². The monoisotopic (exact) mass is 265 g/mol. The summed E-state index contributed by atoms with van der Waals surface area (Å²) in [7, 11) is 1.75. The fourth-order valence-corrected chi connectivity index (χ4v) is 2.29. The zero-order valence-corrected chi connectivity index (χ0v) is 11.5. The lowest BCUT2D eigenvalue weighted by Gasteiger charge is -2.09. The fourth-order valence-electron chi connectivity index (χ4n) is 2.29. The highest BCUT2D eigenvalue weighted by Crippen LogP contribution is 2.09. The lowest BCUT2D eigenvalue weighted by molar-refractivity contribution is 0.579. The molecule has 0 aliphatic heterocycles. The van der Waals surface area contributed by atoms with Crippen LogP contribution in [-0.4, -0.2) is 18.7 Å². The standard InChI is InChI=1S/C12H19N5O2/c1-4-6-17-10-9(15(3)8(7-13)14-10)11(18)16(5-2)12(17)19/h4-7,13H2,1-3H3. The molecule has 19 heavy (non-hydrogen) atoms. The zero-order valence-electron chi connectivity index (χ0n) is 11.5. The van der Waals surface area contributed by atoms with Crippen molar-refractivity contribution < 1.29 is 0 Å². The molecule has 0 spiro atoms. The van der Waals surface area contributed by atoms with Crippen molar-refractivity contribution in [2.24, 2.45) is 12.8 Å². The summed E-state index contributed by atoms with van der Waals surface area (Å²) in [6, 6.07) is 0. The molecule has 2 heterocycles. The van der Waals surface area contributed by atoms with Gasteiger partial charge in [0.05, 0.1) is 6.54 Å². The van der Waals surface area contributed by atoms with Crippen molar-refractivity contribution in [3.05, 3.63) is 26.7 Å². The molecular weight excluding hydrogens is 246 g/mol. The Morgan fingerprint density at radius 3 is 2.42 bits per heavy atom. The maximum absolute atomic E-state index is 12.3. The molecule has 0 aromatic carbocycles. The number of aromatic nitrogens is 4. The molecule has 0 fully saturated rings. The molecule has 2 aromatic heterocycles. The highest BCUT2D eigenvalue weighted by molar-refractivity contribution is 5.71. The van der Waals surface area contributed by atoms with E-state index in [0.717, 1.165) is 6.42 Å². The van der Waals surface area contributed by atoms with E-state index in [1.165, 1.54) is 4.57 Å². The molecule has 0 aliphatic carbocycles. The van der Waals surface area contributed by atoms with Gasteiger partial charge in [-0.1, -0.05) is 6.92 Å². The highest BCUT2D eigenvalue weighted by atomic mass is 16.2. The van der Waals surface area contributed by atoms with Crippen LogP contribution < -0.4 is 17.0 Å². The van der Waals surface area contributed by atoms with E-state index in [4.69, 9.17) is 5.73 Å². The molecule has 0 atom stereocenters. The summed E-state index contributed by atoms with van der Waals surface area (Å²) in [6.07, 6.45) is 0.797. The van der Waals surface area contributed by atoms with Gasteiger partial charge in [-0.05, 0) is 13.3 Å². The third-order valence-corrected chi connectivity index (χ3v) is 3.28. The van der Waals surface area contributed by atoms with E-state index in [1.54, 1.807) is 23.1 Å². The minimum atomic E-state index is -0.302. The molecule has 2 N–H and O–H groups in total. The molecular formula is C12H19N5O2. The molecule has 7 heteroatoms. The number of rotatable bonds is 4. The van der Waals surface area contributed by atoms with Crippen molar-refractivity contribution in [1.82, 2.24) is 18.7 Å². The number of hydrogen-bond acceptors (Lipinski definition) is 4. The summed E-state index contributed by atoms with van der Waals surface area (Å²) in [4.78, 5) is 28.9. The topological polar surface area (TPSA) is 87.8 Å². The molecule has 2 rings (SSSR count). The van der Waals surface area contributed by atoms with Crippen LogP contribution in [0.1, 0.15) is 26.1 Å². The Kier molecular flexibility index (Phi) is 3.57. The third kappa shape index (κ3) is 1.90. The third-order valence-electron chi connectivity index (χ3n) is 3.28. The second kappa shape index (κ2) is 5.00. The van der Waals surface area contributed by atoms with Gasteiger partial charge in [-0.3, -0.25) is 13.9 Å². The minimum absolute atomic E-state index is 0.233. The molecule has 0 radical (unpaired) electrons. The van der Waals surface area contributed by atoms with Crippen molar-refractivity contribution in [2.75, 3.05) is 0 Å². The van der Waals surface area contributed by atoms with Crippen LogP contribution in [0.15, 0.2) is 9.59 Å². The predicted octanol–water partition coefficient (Wildman–Crippen LogP) is -0.215. The molecule has 0 bridgehead atoms. The Morgan fingerprint density at radius 2 is 1.89 bits per heavy atom. The second-order valence-electron chi connectivity index (χ2n) is 4.45. The molecule has 0 unspecified atom stereocenters. The quantitative estimate of drug-likeness (QED) is 0.828. The van der Waals surface area contributed by atoms with Crippen LogP contribution in [0.4, 0.5) is 0 Å². The summed E-state index contributed by atoms with van der Waals surface area (Å²) in [6.45, 7) is 4.88. The summed E-state index contributed by atoms with van der Waals surface area (Å²) >= 11 is 0. The molecule has 0 aliphatic rings. The van der Waals surface area contributed by atoms with Gasteiger partial charge in [-0.2, -0.15) is 0 Å². The molecule has 104 valence electrons. The van der Waals surface area contributed by atoms with Crippen LogP contribution in [0.5, 0.6) is 0 Å². The molecule has 7 nitrogen and oxygen atoms in total. The number of imidazole rings is 1. The summed E-state index contributed by atoms with van der Waals surface area (Å²) in [5.74, 6) is 0.602. The Morgan fingerprint density at radius 1 is 1.21 bits per heavy atom. The van der Waals surface area contributed by atoms with E-state index < -0.39 is 0 Å². The van der Waals surface area contributed by atoms with E-state index in [0.29, 0.717) is 30.1 Å². The average Bonchev–Trinajstić information content (AvgIpc) is 2.72. The molecule has 0 saturated heterocycles. The van der Waals surface area contributed by atoms with E-state index >= 15 is 0 Å². The Balaban J connectivity index is 3.00. The first-order valence-electron chi connectivity index (χ1n) is 6.45. The van der Waals surface area contributed by atoms with Crippen molar-refractivity contribution in [2.45, 2.75) is 39.9 Å². The smallest absolute Gasteiger partial charge is 0.324 e. The van der Waals surface area contributed by atoms with Gasteiger partial charge in [-0.15, -0.1) is 0 Å². The van der Waals surface area contributed by atoms with Crippen LogP contribution in [0, 0.1) is 0 Å². The number of nitrogens with zero attached hydrogens (tertiary/aromatic N) is 4. The van der Waals surface area contributed by atoms with E-state index in [9.17, 15) is 9.59 Å². The van der Waals surface area contributed by atoms with Crippen LogP contribution in [0.25, 0.3) is 11.2 Å². The van der Waals surface area contributed by atoms with Gasteiger partial charge in [0.1, 0.15) is 5.82 Å². The fraction of sp³-hybridized carbons (Fsp3) is 0.583. The zero-order chi connectivity index (χ0) is 14.2. The first-order valence-corrected chi connectivity index (χ1v) is 6.45. The SMILES string of the molecule is CCCn1c(=O)n(CC)c(=O)c2c1nc(CN)n2C. The Bertz CT molecular complexity index is 722. The van der Waals surface area contributed by atoms with Crippen LogP contribution in [0.2, 0.25) is 0 Å². The van der Waals surface area contributed by atoms with E-state index in [-0.39, 0.29) is 17.8 Å². The van der Waals surface area contributed by atoms with Gasteiger partial charge in [0.25, 0.3) is 5.56 Å². The van der Waals surface area contributed by atoms with Crippen molar-refractivity contribution in [3.63, 3.8) is 0 Å². The van der Waals surface area contributed by atoms with E-state index in [2.05, 4.69) is 4.98 Å². The van der Waals surface area contributed by atoms with Gasteiger partial charge >= 0.3 is 5.69 Å². The number of hydrogen-bond donors (Lipinski definition) is 1. The summed E-state index contributed by atoms with van der Waals surface area (Å²) < 4.78 is 4.47. The lowest BCUT2D eigenvalue weighted by atomic mass is 10.4. The maximum Gasteiger partial charge on any atom is 0.332 e. The van der Waals surface area contributed by atoms with Crippen molar-refractivity contribution >= 4 is 11.2 Å². The Labute approximate surface area is 110 Å². The number of nitrogens with two attached hydrogens (primary N) is 1. The van der Waals surface area contributed by atoms with Crippen molar-refractivity contribution in [1.29, 1.82) is 0 Å².